The first-order valence-corrected chi connectivity index (χ1v) is 12.9. The van der Waals surface area contributed by atoms with Gasteiger partial charge in [-0.25, -0.2) is 0 Å². The maximum absolute atomic E-state index is 13.7. The van der Waals surface area contributed by atoms with Crippen LogP contribution in [0.3, 0.4) is 0 Å². The van der Waals surface area contributed by atoms with E-state index in [4.69, 9.17) is 23.4 Å². The van der Waals surface area contributed by atoms with E-state index in [0.717, 1.165) is 12.1 Å². The maximum atomic E-state index is 13.7. The van der Waals surface area contributed by atoms with E-state index in [-0.39, 0.29) is 22.7 Å². The molecule has 15 nitrogen and oxygen atoms in total. The van der Waals surface area contributed by atoms with Crippen molar-refractivity contribution in [1.82, 2.24) is 0 Å². The van der Waals surface area contributed by atoms with E-state index in [1.807, 2.05) is 0 Å². The van der Waals surface area contributed by atoms with Gasteiger partial charge in [0.25, 0.3) is 0 Å². The first-order chi connectivity index (χ1) is 19.9. The Morgan fingerprint density at radius 3 is 2.17 bits per heavy atom. The number of hydrogen-bond acceptors (Lipinski definition) is 15. The molecule has 42 heavy (non-hydrogen) atoms. The third kappa shape index (κ3) is 5.37. The fourth-order valence-corrected chi connectivity index (χ4v) is 4.87. The Morgan fingerprint density at radius 1 is 0.810 bits per heavy atom. The predicted octanol–water partition coefficient (Wildman–Crippen LogP) is -1.39. The highest BCUT2D eigenvalue weighted by atomic mass is 16.8. The second kappa shape index (κ2) is 11.6. The zero-order valence-electron chi connectivity index (χ0n) is 21.9. The van der Waals surface area contributed by atoms with Gasteiger partial charge in [-0.2, -0.15) is 0 Å². The molecule has 0 bridgehead atoms. The summed E-state index contributed by atoms with van der Waals surface area (Å²) in [5.41, 5.74) is -0.995. The van der Waals surface area contributed by atoms with E-state index in [1.54, 1.807) is 0 Å². The summed E-state index contributed by atoms with van der Waals surface area (Å²) in [5, 5.41) is 91.6. The molecule has 2 aliphatic rings. The summed E-state index contributed by atoms with van der Waals surface area (Å²) in [7, 11) is 0. The minimum atomic E-state index is -1.87. The zero-order valence-corrected chi connectivity index (χ0v) is 21.9. The predicted molar refractivity (Wildman–Crippen MR) is 139 cm³/mol. The number of benzene rings is 2. The molecule has 0 aliphatic carbocycles. The summed E-state index contributed by atoms with van der Waals surface area (Å²) in [4.78, 5) is 13.7. The summed E-state index contributed by atoms with van der Waals surface area (Å²) in [5.74, 6) is -2.03. The Kier molecular flexibility index (Phi) is 8.30. The standard InChI is InChI=1S/C27H30O15/c1-9-17(32)20(35)22(37)26(38-9)42-25-21(36)18(33)15(8-28)40-27(25)41-24-19(34)16-13(31)6-12(30)7-14(16)39-23(24)10-2-4-11(29)5-3-10/h2-7,9,15,17-18,20-22,25-33,35-37H,8H2,1H3/t9-,15-,17-,18-,20+,21-,22+,25-,26-,27-/m0/s1. The molecular weight excluding hydrogens is 564 g/mol. The van der Waals surface area contributed by atoms with Gasteiger partial charge >= 0.3 is 0 Å². The minimum Gasteiger partial charge on any atom is -0.508 e. The van der Waals surface area contributed by atoms with Crippen LogP contribution in [-0.4, -0.2) is 114 Å². The van der Waals surface area contributed by atoms with Crippen molar-refractivity contribution in [3.05, 3.63) is 46.6 Å². The third-order valence-corrected chi connectivity index (χ3v) is 7.21. The van der Waals surface area contributed by atoms with Gasteiger partial charge in [0.2, 0.25) is 17.5 Å². The molecule has 0 spiro atoms. The maximum Gasteiger partial charge on any atom is 0.239 e. The molecule has 0 unspecified atom stereocenters. The number of aliphatic hydroxyl groups excluding tert-OH is 6. The van der Waals surface area contributed by atoms with Crippen LogP contribution in [0, 0.1) is 0 Å². The Balaban J connectivity index is 1.60. The lowest BCUT2D eigenvalue weighted by atomic mass is 9.97. The minimum absolute atomic E-state index is 0.112. The van der Waals surface area contributed by atoms with Crippen molar-refractivity contribution < 1.29 is 69.3 Å². The molecule has 2 aromatic carbocycles. The van der Waals surface area contributed by atoms with Crippen LogP contribution in [0.1, 0.15) is 6.92 Å². The van der Waals surface area contributed by atoms with Gasteiger partial charge in [0.1, 0.15) is 64.8 Å². The summed E-state index contributed by atoms with van der Waals surface area (Å²) in [6.45, 7) is 0.593. The first-order valence-electron chi connectivity index (χ1n) is 12.9. The number of aliphatic hydroxyl groups is 6. The smallest absolute Gasteiger partial charge is 0.239 e. The highest BCUT2D eigenvalue weighted by Crippen LogP contribution is 2.38. The zero-order chi connectivity index (χ0) is 30.5. The largest absolute Gasteiger partial charge is 0.508 e. The molecular formula is C27H30O15. The van der Waals surface area contributed by atoms with Gasteiger partial charge in [0, 0.05) is 17.7 Å². The van der Waals surface area contributed by atoms with E-state index in [2.05, 4.69) is 0 Å². The van der Waals surface area contributed by atoms with Crippen LogP contribution in [0.25, 0.3) is 22.3 Å². The lowest BCUT2D eigenvalue weighted by molar-refractivity contribution is -0.354. The van der Waals surface area contributed by atoms with E-state index < -0.39 is 96.1 Å². The fourth-order valence-electron chi connectivity index (χ4n) is 4.87. The van der Waals surface area contributed by atoms with E-state index in [1.165, 1.54) is 31.2 Å². The molecule has 10 atom stereocenters. The lowest BCUT2D eigenvalue weighted by Gasteiger charge is -2.45. The van der Waals surface area contributed by atoms with Gasteiger partial charge in [-0.1, -0.05) is 0 Å². The highest BCUT2D eigenvalue weighted by Gasteiger charge is 2.51. The summed E-state index contributed by atoms with van der Waals surface area (Å²) < 4.78 is 28.5. The highest BCUT2D eigenvalue weighted by molar-refractivity contribution is 5.88. The Labute approximate surface area is 236 Å². The van der Waals surface area contributed by atoms with Crippen LogP contribution < -0.4 is 10.2 Å². The van der Waals surface area contributed by atoms with Crippen molar-refractivity contribution >= 4 is 11.0 Å². The molecule has 5 rings (SSSR count). The molecule has 0 saturated carbocycles. The van der Waals surface area contributed by atoms with Crippen LogP contribution >= 0.6 is 0 Å². The number of fused-ring (bicyclic) bond motifs is 1. The molecule has 15 heteroatoms. The number of hydrogen-bond donors (Lipinski definition) is 9. The van der Waals surface area contributed by atoms with E-state index in [9.17, 15) is 50.8 Å². The summed E-state index contributed by atoms with van der Waals surface area (Å²) in [6, 6.07) is 7.31. The number of ether oxygens (including phenoxy) is 4. The van der Waals surface area contributed by atoms with Crippen LogP contribution in [-0.2, 0) is 14.2 Å². The molecule has 0 radical (unpaired) electrons. The van der Waals surface area contributed by atoms with Crippen molar-refractivity contribution in [2.24, 2.45) is 0 Å². The van der Waals surface area contributed by atoms with Crippen LogP contribution in [0.5, 0.6) is 23.0 Å². The normalized spacial score (nSPS) is 33.5. The lowest BCUT2D eigenvalue weighted by Crippen LogP contribution is -2.64. The van der Waals surface area contributed by atoms with Gasteiger partial charge in [0.05, 0.1) is 12.7 Å². The van der Waals surface area contributed by atoms with Crippen molar-refractivity contribution in [3.8, 4) is 34.3 Å². The number of phenols is 3. The average Bonchev–Trinajstić information content (AvgIpc) is 2.95. The molecule has 1 aromatic heterocycles. The number of phenolic OH excluding ortho intramolecular Hbond substituents is 3. The Morgan fingerprint density at radius 2 is 1.50 bits per heavy atom. The molecule has 3 aromatic rings. The van der Waals surface area contributed by atoms with Crippen LogP contribution in [0.4, 0.5) is 0 Å². The molecule has 3 heterocycles. The van der Waals surface area contributed by atoms with Gasteiger partial charge in [-0.05, 0) is 31.2 Å². The van der Waals surface area contributed by atoms with Crippen LogP contribution in [0.2, 0.25) is 0 Å². The molecule has 228 valence electrons. The van der Waals surface area contributed by atoms with Crippen molar-refractivity contribution in [1.29, 1.82) is 0 Å². The Bertz CT molecular complexity index is 1470. The van der Waals surface area contributed by atoms with Crippen LogP contribution in [0.15, 0.2) is 45.6 Å². The van der Waals surface area contributed by atoms with Crippen molar-refractivity contribution in [3.63, 3.8) is 0 Å². The first kappa shape index (κ1) is 30.0. The van der Waals surface area contributed by atoms with Gasteiger partial charge in [0.15, 0.2) is 18.2 Å². The third-order valence-electron chi connectivity index (χ3n) is 7.21. The van der Waals surface area contributed by atoms with E-state index in [0.29, 0.717) is 0 Å². The van der Waals surface area contributed by atoms with Gasteiger partial charge < -0.3 is 69.3 Å². The molecule has 2 aliphatic heterocycles. The monoisotopic (exact) mass is 594 g/mol. The SMILES string of the molecule is C[C@@H]1O[C@@H](O[C@@H]2[C@H](Oc3c(-c4ccc(O)cc4)oc4cc(O)cc(O)c4c3=O)O[C@@H](CO)[C@H](O)[C@@H]2O)[C@H](O)[C@H](O)[C@H]1O. The Hall–Kier alpha value is -3.51. The molecule has 2 saturated heterocycles. The topological polar surface area (TPSA) is 249 Å². The molecule has 2 fully saturated rings. The second-order valence-corrected chi connectivity index (χ2v) is 10.1. The van der Waals surface area contributed by atoms with E-state index >= 15 is 0 Å². The second-order valence-electron chi connectivity index (χ2n) is 10.1. The van der Waals surface area contributed by atoms with Crippen molar-refractivity contribution in [2.75, 3.05) is 6.61 Å². The average molecular weight is 595 g/mol. The van der Waals surface area contributed by atoms with Gasteiger partial charge in [-0.3, -0.25) is 4.79 Å². The molecule has 9 N–H and O–H groups in total. The van der Waals surface area contributed by atoms with Gasteiger partial charge in [-0.15, -0.1) is 0 Å². The summed E-state index contributed by atoms with van der Waals surface area (Å²) in [6.07, 6.45) is -16.3. The summed E-state index contributed by atoms with van der Waals surface area (Å²) >= 11 is 0. The fraction of sp³-hybridized carbons (Fsp3) is 0.444. The van der Waals surface area contributed by atoms with Crippen molar-refractivity contribution in [2.45, 2.75) is 68.3 Å². The number of rotatable bonds is 6. The quantitative estimate of drug-likeness (QED) is 0.159. The molecule has 0 amide bonds. The number of aromatic hydroxyl groups is 3.